The van der Waals surface area contributed by atoms with Gasteiger partial charge in [-0.25, -0.2) is 0 Å². The van der Waals surface area contributed by atoms with Gasteiger partial charge < -0.3 is 5.73 Å². The maximum absolute atomic E-state index is 6.32. The Morgan fingerprint density at radius 3 is 2.67 bits per heavy atom. The molecule has 0 bridgehead atoms. The quantitative estimate of drug-likeness (QED) is 0.844. The summed E-state index contributed by atoms with van der Waals surface area (Å²) < 4.78 is 1.10. The van der Waals surface area contributed by atoms with E-state index in [0.29, 0.717) is 0 Å². The van der Waals surface area contributed by atoms with Crippen LogP contribution in [0.25, 0.3) is 0 Å². The molecular formula is C15H16BrNS. The van der Waals surface area contributed by atoms with Gasteiger partial charge in [-0.2, -0.15) is 0 Å². The molecule has 0 aromatic heterocycles. The van der Waals surface area contributed by atoms with Crippen molar-refractivity contribution in [1.29, 1.82) is 0 Å². The fourth-order valence-corrected chi connectivity index (χ4v) is 3.12. The van der Waals surface area contributed by atoms with E-state index in [9.17, 15) is 0 Å². The highest BCUT2D eigenvalue weighted by Gasteiger charge is 2.11. The average molecular weight is 322 g/mol. The van der Waals surface area contributed by atoms with Gasteiger partial charge in [-0.1, -0.05) is 46.3 Å². The summed E-state index contributed by atoms with van der Waals surface area (Å²) in [6, 6.07) is 16.7. The number of benzene rings is 2. The molecule has 1 unspecified atom stereocenters. The Morgan fingerprint density at radius 2 is 1.94 bits per heavy atom. The van der Waals surface area contributed by atoms with E-state index in [-0.39, 0.29) is 6.04 Å². The molecule has 2 aromatic rings. The van der Waals surface area contributed by atoms with Crippen molar-refractivity contribution in [2.75, 3.05) is 6.26 Å². The van der Waals surface area contributed by atoms with E-state index in [1.165, 1.54) is 16.0 Å². The van der Waals surface area contributed by atoms with Crippen LogP contribution in [0.2, 0.25) is 0 Å². The van der Waals surface area contributed by atoms with E-state index in [1.807, 2.05) is 12.1 Å². The summed E-state index contributed by atoms with van der Waals surface area (Å²) in [6.45, 7) is 0. The first-order valence-corrected chi connectivity index (χ1v) is 7.85. The van der Waals surface area contributed by atoms with Crippen molar-refractivity contribution in [3.05, 3.63) is 64.1 Å². The highest BCUT2D eigenvalue weighted by molar-refractivity contribution is 9.10. The van der Waals surface area contributed by atoms with E-state index in [1.54, 1.807) is 11.8 Å². The largest absolute Gasteiger partial charge is 0.324 e. The molecule has 0 spiro atoms. The molecule has 2 rings (SSSR count). The molecular weight excluding hydrogens is 306 g/mol. The first-order valence-electron chi connectivity index (χ1n) is 5.83. The summed E-state index contributed by atoms with van der Waals surface area (Å²) in [7, 11) is 0. The molecule has 3 heteroatoms. The van der Waals surface area contributed by atoms with Gasteiger partial charge in [0.1, 0.15) is 0 Å². The van der Waals surface area contributed by atoms with Crippen molar-refractivity contribution in [3.8, 4) is 0 Å². The summed E-state index contributed by atoms with van der Waals surface area (Å²) in [5.74, 6) is 0. The zero-order valence-electron chi connectivity index (χ0n) is 10.3. The maximum atomic E-state index is 6.32. The summed E-state index contributed by atoms with van der Waals surface area (Å²) in [5, 5.41) is 0. The van der Waals surface area contributed by atoms with Gasteiger partial charge >= 0.3 is 0 Å². The normalized spacial score (nSPS) is 12.4. The molecule has 18 heavy (non-hydrogen) atoms. The minimum atomic E-state index is 0.0444. The Labute approximate surface area is 121 Å². The summed E-state index contributed by atoms with van der Waals surface area (Å²) >= 11 is 5.24. The Bertz CT molecular complexity index is 527. The molecule has 2 N–H and O–H groups in total. The van der Waals surface area contributed by atoms with E-state index in [0.717, 1.165) is 10.9 Å². The van der Waals surface area contributed by atoms with Crippen LogP contribution >= 0.6 is 27.7 Å². The second-order valence-corrected chi connectivity index (χ2v) is 5.95. The van der Waals surface area contributed by atoms with Crippen LogP contribution < -0.4 is 5.73 Å². The van der Waals surface area contributed by atoms with Gasteiger partial charge in [0.25, 0.3) is 0 Å². The molecule has 94 valence electrons. The van der Waals surface area contributed by atoms with Crippen molar-refractivity contribution >= 4 is 27.7 Å². The van der Waals surface area contributed by atoms with Crippen molar-refractivity contribution in [2.45, 2.75) is 17.4 Å². The Hall–Kier alpha value is -0.770. The fourth-order valence-electron chi connectivity index (χ4n) is 2.00. The zero-order valence-corrected chi connectivity index (χ0v) is 12.7. The van der Waals surface area contributed by atoms with Crippen LogP contribution in [0, 0.1) is 0 Å². The van der Waals surface area contributed by atoms with Crippen molar-refractivity contribution < 1.29 is 0 Å². The Morgan fingerprint density at radius 1 is 1.17 bits per heavy atom. The minimum absolute atomic E-state index is 0.0444. The number of thioether (sulfide) groups is 1. The van der Waals surface area contributed by atoms with Gasteiger partial charge in [0.2, 0.25) is 0 Å². The first-order chi connectivity index (χ1) is 8.70. The van der Waals surface area contributed by atoms with Crippen LogP contribution in [0.3, 0.4) is 0 Å². The third-order valence-electron chi connectivity index (χ3n) is 2.88. The smallest absolute Gasteiger partial charge is 0.0346 e. The van der Waals surface area contributed by atoms with E-state index in [2.05, 4.69) is 58.6 Å². The third kappa shape index (κ3) is 3.37. The van der Waals surface area contributed by atoms with Gasteiger partial charge in [-0.15, -0.1) is 11.8 Å². The number of halogens is 1. The maximum Gasteiger partial charge on any atom is 0.0346 e. The van der Waals surface area contributed by atoms with E-state index < -0.39 is 0 Å². The van der Waals surface area contributed by atoms with Crippen LogP contribution in [-0.4, -0.2) is 6.26 Å². The van der Waals surface area contributed by atoms with Crippen molar-refractivity contribution in [3.63, 3.8) is 0 Å². The second kappa shape index (κ2) is 6.41. The van der Waals surface area contributed by atoms with Gasteiger partial charge in [-0.05, 0) is 42.0 Å². The predicted molar refractivity (Wildman–Crippen MR) is 83.0 cm³/mol. The molecule has 0 amide bonds. The minimum Gasteiger partial charge on any atom is -0.324 e. The predicted octanol–water partition coefficient (Wildman–Crippen LogP) is 4.41. The molecule has 0 heterocycles. The van der Waals surface area contributed by atoms with Gasteiger partial charge in [0.05, 0.1) is 0 Å². The molecule has 0 fully saturated rings. The molecule has 0 saturated heterocycles. The lowest BCUT2D eigenvalue weighted by Gasteiger charge is -2.15. The highest BCUT2D eigenvalue weighted by Crippen LogP contribution is 2.27. The number of hydrogen-bond donors (Lipinski definition) is 1. The lowest BCUT2D eigenvalue weighted by Crippen LogP contribution is -2.14. The third-order valence-corrected chi connectivity index (χ3v) is 4.19. The standard InChI is InChI=1S/C15H16BrNS/c1-18-15-8-3-2-7-13(15)14(17)10-11-5-4-6-12(16)9-11/h2-9,14H,10,17H2,1H3. The first kappa shape index (κ1) is 13.7. The molecule has 0 aliphatic carbocycles. The fraction of sp³-hybridized carbons (Fsp3) is 0.200. The summed E-state index contributed by atoms with van der Waals surface area (Å²) in [6.07, 6.45) is 2.95. The average Bonchev–Trinajstić information content (AvgIpc) is 2.38. The van der Waals surface area contributed by atoms with Gasteiger partial charge in [-0.3, -0.25) is 0 Å². The molecule has 0 aliphatic rings. The van der Waals surface area contributed by atoms with Crippen molar-refractivity contribution in [1.82, 2.24) is 0 Å². The van der Waals surface area contributed by atoms with Crippen LogP contribution in [-0.2, 0) is 6.42 Å². The Kier molecular flexibility index (Phi) is 4.87. The lowest BCUT2D eigenvalue weighted by atomic mass is 10.00. The molecule has 2 aromatic carbocycles. The number of nitrogens with two attached hydrogens (primary N) is 1. The zero-order chi connectivity index (χ0) is 13.0. The monoisotopic (exact) mass is 321 g/mol. The van der Waals surface area contributed by atoms with Gasteiger partial charge in [0, 0.05) is 15.4 Å². The molecule has 1 atom stereocenters. The van der Waals surface area contributed by atoms with Crippen LogP contribution in [0.5, 0.6) is 0 Å². The van der Waals surface area contributed by atoms with Gasteiger partial charge in [0.15, 0.2) is 0 Å². The summed E-state index contributed by atoms with van der Waals surface area (Å²) in [5.41, 5.74) is 8.81. The Balaban J connectivity index is 2.19. The number of hydrogen-bond acceptors (Lipinski definition) is 2. The second-order valence-electron chi connectivity index (χ2n) is 4.18. The topological polar surface area (TPSA) is 26.0 Å². The molecule has 1 nitrogen and oxygen atoms in total. The molecule has 0 aliphatic heterocycles. The summed E-state index contributed by atoms with van der Waals surface area (Å²) in [4.78, 5) is 1.26. The highest BCUT2D eigenvalue weighted by atomic mass is 79.9. The SMILES string of the molecule is CSc1ccccc1C(N)Cc1cccc(Br)c1. The van der Waals surface area contributed by atoms with Crippen LogP contribution in [0.1, 0.15) is 17.2 Å². The van der Waals surface area contributed by atoms with Crippen LogP contribution in [0.15, 0.2) is 57.9 Å². The lowest BCUT2D eigenvalue weighted by molar-refractivity contribution is 0.707. The van der Waals surface area contributed by atoms with E-state index in [4.69, 9.17) is 5.73 Å². The van der Waals surface area contributed by atoms with E-state index >= 15 is 0 Å². The molecule has 0 saturated carbocycles. The molecule has 0 radical (unpaired) electrons. The number of rotatable bonds is 4. The van der Waals surface area contributed by atoms with Crippen LogP contribution in [0.4, 0.5) is 0 Å². The van der Waals surface area contributed by atoms with Crippen molar-refractivity contribution in [2.24, 2.45) is 5.73 Å².